The van der Waals surface area contributed by atoms with E-state index < -0.39 is 35.4 Å². The second kappa shape index (κ2) is 10.8. The number of nitrogens with zero attached hydrogens (tertiary/aromatic N) is 3. The van der Waals surface area contributed by atoms with Crippen molar-refractivity contribution in [2.24, 2.45) is 9.98 Å². The third-order valence-electron chi connectivity index (χ3n) is 6.49. The molecule has 13 heteroatoms. The Balaban J connectivity index is 1.56. The molecular weight excluding hydrogens is 572 g/mol. The highest BCUT2D eigenvalue weighted by atomic mass is 32.2. The van der Waals surface area contributed by atoms with Crippen LogP contribution in [0.4, 0.5) is 32.0 Å². The molecule has 1 atom stereocenters. The first-order chi connectivity index (χ1) is 19.4. The van der Waals surface area contributed by atoms with Gasteiger partial charge in [0.1, 0.15) is 11.9 Å². The summed E-state index contributed by atoms with van der Waals surface area (Å²) in [4.78, 5) is 23.7. The highest BCUT2D eigenvalue weighted by Gasteiger charge is 2.43. The first kappa shape index (κ1) is 28.5. The van der Waals surface area contributed by atoms with Gasteiger partial charge in [0.15, 0.2) is 16.7 Å². The highest BCUT2D eigenvalue weighted by molar-refractivity contribution is 8.13. The number of alkyl halides is 6. The molecule has 0 spiro atoms. The summed E-state index contributed by atoms with van der Waals surface area (Å²) in [6.07, 6.45) is -9.70. The Bertz CT molecular complexity index is 1520. The Hall–Kier alpha value is -4.00. The van der Waals surface area contributed by atoms with Gasteiger partial charge in [0.05, 0.1) is 31.0 Å². The van der Waals surface area contributed by atoms with Gasteiger partial charge in [0.2, 0.25) is 0 Å². The molecule has 0 fully saturated rings. The third kappa shape index (κ3) is 5.76. The van der Waals surface area contributed by atoms with E-state index in [-0.39, 0.29) is 34.8 Å². The van der Waals surface area contributed by atoms with Crippen LogP contribution in [0.1, 0.15) is 27.8 Å². The summed E-state index contributed by atoms with van der Waals surface area (Å²) in [5.74, 6) is 0.210. The zero-order valence-corrected chi connectivity index (χ0v) is 22.3. The number of methoxy groups -OCH3 is 2. The predicted octanol–water partition coefficient (Wildman–Crippen LogP) is 6.88. The van der Waals surface area contributed by atoms with Gasteiger partial charge < -0.3 is 9.47 Å². The lowest BCUT2D eigenvalue weighted by atomic mass is 10.0. The zero-order valence-electron chi connectivity index (χ0n) is 21.5. The van der Waals surface area contributed by atoms with Gasteiger partial charge in [-0.3, -0.25) is 9.69 Å². The summed E-state index contributed by atoms with van der Waals surface area (Å²) in [5.41, 5.74) is -1.37. The molecule has 1 amide bonds. The maximum Gasteiger partial charge on any atom is 0.416 e. The molecule has 0 radical (unpaired) electrons. The molecule has 5 rings (SSSR count). The number of fused-ring (bicyclic) bond motifs is 3. The van der Waals surface area contributed by atoms with Crippen molar-refractivity contribution in [2.45, 2.75) is 30.6 Å². The summed E-state index contributed by atoms with van der Waals surface area (Å²) < 4.78 is 91.3. The van der Waals surface area contributed by atoms with Gasteiger partial charge >= 0.3 is 12.4 Å². The number of carbonyl (C=O) groups is 1. The van der Waals surface area contributed by atoms with Crippen molar-refractivity contribution in [3.8, 4) is 11.5 Å². The van der Waals surface area contributed by atoms with Crippen molar-refractivity contribution in [2.75, 3.05) is 14.2 Å². The fourth-order valence-electron chi connectivity index (χ4n) is 4.57. The summed E-state index contributed by atoms with van der Waals surface area (Å²) in [6.45, 7) is 0. The number of thioether (sulfide) groups is 1. The fraction of sp³-hybridized carbons (Fsp3) is 0.250. The van der Waals surface area contributed by atoms with Crippen LogP contribution in [0.15, 0.2) is 70.6 Å². The Morgan fingerprint density at radius 2 is 1.44 bits per heavy atom. The van der Waals surface area contributed by atoms with E-state index >= 15 is 0 Å². The average Bonchev–Trinajstić information content (AvgIpc) is 3.26. The maximum atomic E-state index is 13.4. The van der Waals surface area contributed by atoms with Gasteiger partial charge in [0.25, 0.3) is 5.91 Å². The third-order valence-corrected chi connectivity index (χ3v) is 7.52. The van der Waals surface area contributed by atoms with Gasteiger partial charge in [-0.2, -0.15) is 31.3 Å². The molecule has 2 aliphatic heterocycles. The van der Waals surface area contributed by atoms with E-state index in [0.29, 0.717) is 34.9 Å². The first-order valence-corrected chi connectivity index (χ1v) is 13.1. The number of ether oxygens (including phenoxy) is 2. The Labute approximate surface area is 234 Å². The van der Waals surface area contributed by atoms with E-state index in [4.69, 9.17) is 9.47 Å². The molecule has 2 aliphatic rings. The molecule has 6 nitrogen and oxygen atoms in total. The Morgan fingerprint density at radius 1 is 0.829 bits per heavy atom. The number of aliphatic imine (C=N–C) groups is 2. The van der Waals surface area contributed by atoms with Crippen molar-refractivity contribution < 1.29 is 40.6 Å². The molecule has 3 aromatic rings. The molecule has 2 heterocycles. The van der Waals surface area contributed by atoms with E-state index in [9.17, 15) is 31.1 Å². The molecule has 0 aromatic heterocycles. The summed E-state index contributed by atoms with van der Waals surface area (Å²) >= 11 is 0.905. The molecule has 3 aromatic carbocycles. The standard InChI is InChI=1S/C28H21F6N3O3S/c1-39-22-12-19-20(13-23(22)40-2)35-26(37-21(25(38)36-24(19)37)10-15-6-4-3-5-7-15)41-14-16-8-17(27(29,30)31)11-18(9-16)28(32,33)34/h3-9,11-13,21H,10,14H2,1-2H3. The summed E-state index contributed by atoms with van der Waals surface area (Å²) in [6, 6.07) is 12.9. The maximum absolute atomic E-state index is 13.4. The lowest BCUT2D eigenvalue weighted by Crippen LogP contribution is -2.44. The quantitative estimate of drug-likeness (QED) is 0.292. The number of halogens is 6. The van der Waals surface area contributed by atoms with Crippen LogP contribution < -0.4 is 9.47 Å². The van der Waals surface area contributed by atoms with Crippen LogP contribution >= 0.6 is 11.8 Å². The Morgan fingerprint density at radius 3 is 2.02 bits per heavy atom. The molecule has 41 heavy (non-hydrogen) atoms. The van der Waals surface area contributed by atoms with Gasteiger partial charge in [-0.25, -0.2) is 4.99 Å². The average molecular weight is 594 g/mol. The van der Waals surface area contributed by atoms with E-state index in [1.807, 2.05) is 30.3 Å². The van der Waals surface area contributed by atoms with Crippen molar-refractivity contribution in [1.29, 1.82) is 0 Å². The van der Waals surface area contributed by atoms with Gasteiger partial charge in [-0.1, -0.05) is 42.1 Å². The smallest absolute Gasteiger partial charge is 0.416 e. The lowest BCUT2D eigenvalue weighted by Gasteiger charge is -2.31. The summed E-state index contributed by atoms with van der Waals surface area (Å²) in [5, 5.41) is 0.196. The van der Waals surface area contributed by atoms with Crippen LogP contribution in [-0.2, 0) is 29.3 Å². The van der Waals surface area contributed by atoms with Crippen LogP contribution in [0.5, 0.6) is 11.5 Å². The van der Waals surface area contributed by atoms with Crippen molar-refractivity contribution >= 4 is 34.4 Å². The molecule has 1 unspecified atom stereocenters. The second-order valence-corrected chi connectivity index (χ2v) is 10.1. The number of amidine groups is 2. The molecule has 0 saturated carbocycles. The van der Waals surface area contributed by atoms with Crippen LogP contribution in [-0.4, -0.2) is 42.1 Å². The largest absolute Gasteiger partial charge is 0.493 e. The zero-order chi connectivity index (χ0) is 29.5. The molecule has 0 bridgehead atoms. The van der Waals surface area contributed by atoms with Crippen LogP contribution in [0.2, 0.25) is 0 Å². The van der Waals surface area contributed by atoms with E-state index in [2.05, 4.69) is 9.98 Å². The molecule has 0 saturated heterocycles. The van der Waals surface area contributed by atoms with Gasteiger partial charge in [-0.05, 0) is 35.4 Å². The number of hydrogen-bond donors (Lipinski definition) is 0. The number of rotatable bonds is 6. The summed E-state index contributed by atoms with van der Waals surface area (Å²) in [7, 11) is 2.87. The van der Waals surface area contributed by atoms with E-state index in [1.165, 1.54) is 14.2 Å². The van der Waals surface area contributed by atoms with Crippen LogP contribution in [0.3, 0.4) is 0 Å². The molecule has 214 valence electrons. The molecular formula is C28H21F6N3O3S. The SMILES string of the molecule is COc1cc2c(cc1OC)C1=NC(=O)C(Cc3ccccc3)N1C(SCc1cc(C(F)(F)F)cc(C(F)(F)F)c1)=N2. The number of benzene rings is 3. The van der Waals surface area contributed by atoms with Gasteiger partial charge in [0, 0.05) is 23.8 Å². The fourth-order valence-corrected chi connectivity index (χ4v) is 5.55. The van der Waals surface area contributed by atoms with Crippen molar-refractivity contribution in [1.82, 2.24) is 4.90 Å². The molecule has 0 aliphatic carbocycles. The highest BCUT2D eigenvalue weighted by Crippen LogP contribution is 2.42. The lowest BCUT2D eigenvalue weighted by molar-refractivity contribution is -0.143. The monoisotopic (exact) mass is 593 g/mol. The predicted molar refractivity (Wildman–Crippen MR) is 142 cm³/mol. The normalized spacial score (nSPS) is 16.6. The van der Waals surface area contributed by atoms with E-state index in [0.717, 1.165) is 17.3 Å². The minimum atomic E-state index is -4.97. The number of carbonyl (C=O) groups excluding carboxylic acids is 1. The second-order valence-electron chi connectivity index (χ2n) is 9.17. The number of amides is 1. The van der Waals surface area contributed by atoms with E-state index in [1.54, 1.807) is 17.0 Å². The van der Waals surface area contributed by atoms with Crippen molar-refractivity contribution in [3.63, 3.8) is 0 Å². The molecule has 0 N–H and O–H groups in total. The first-order valence-electron chi connectivity index (χ1n) is 12.1. The van der Waals surface area contributed by atoms with Crippen molar-refractivity contribution in [3.05, 3.63) is 88.5 Å². The minimum absolute atomic E-state index is 0.0853. The van der Waals surface area contributed by atoms with Gasteiger partial charge in [-0.15, -0.1) is 0 Å². The van der Waals surface area contributed by atoms with Crippen LogP contribution in [0.25, 0.3) is 0 Å². The Kier molecular flexibility index (Phi) is 7.49. The van der Waals surface area contributed by atoms with Crippen LogP contribution in [0, 0.1) is 0 Å². The minimum Gasteiger partial charge on any atom is -0.493 e. The topological polar surface area (TPSA) is 63.5 Å². The number of hydrogen-bond acceptors (Lipinski definition) is 6.